The lowest BCUT2D eigenvalue weighted by Crippen LogP contribution is -2.36. The van der Waals surface area contributed by atoms with Gasteiger partial charge in [0.25, 0.3) is 0 Å². The fourth-order valence-corrected chi connectivity index (χ4v) is 4.27. The van der Waals surface area contributed by atoms with Gasteiger partial charge in [0.2, 0.25) is 15.9 Å². The van der Waals surface area contributed by atoms with E-state index in [1.54, 1.807) is 11.2 Å². The standard InChI is InChI=1S/C15H24N4O3S/c1-4-5-11-23(20,21)19-9-6-7-14(8-10-19)18(3)12-15-16-13(2)22-17-15/h1,14H,5-12H2,2-3H3. The highest BCUT2D eigenvalue weighted by Gasteiger charge is 2.27. The van der Waals surface area contributed by atoms with Gasteiger partial charge >= 0.3 is 0 Å². The largest absolute Gasteiger partial charge is 0.340 e. The fraction of sp³-hybridized carbons (Fsp3) is 0.733. The third-order valence-electron chi connectivity index (χ3n) is 4.14. The number of sulfonamides is 1. The first-order valence-corrected chi connectivity index (χ1v) is 9.44. The monoisotopic (exact) mass is 340 g/mol. The molecule has 1 unspecified atom stereocenters. The molecule has 1 saturated heterocycles. The van der Waals surface area contributed by atoms with E-state index in [4.69, 9.17) is 10.9 Å². The predicted molar refractivity (Wildman–Crippen MR) is 87.0 cm³/mol. The van der Waals surface area contributed by atoms with E-state index in [-0.39, 0.29) is 12.2 Å². The van der Waals surface area contributed by atoms with Crippen LogP contribution in [0, 0.1) is 19.3 Å². The van der Waals surface area contributed by atoms with Gasteiger partial charge in [-0.15, -0.1) is 12.3 Å². The van der Waals surface area contributed by atoms with E-state index in [1.807, 2.05) is 7.05 Å². The van der Waals surface area contributed by atoms with Crippen molar-refractivity contribution >= 4 is 10.0 Å². The first kappa shape index (κ1) is 17.9. The second-order valence-corrected chi connectivity index (χ2v) is 7.99. The van der Waals surface area contributed by atoms with Gasteiger partial charge in [-0.05, 0) is 26.3 Å². The third kappa shape index (κ3) is 5.03. The van der Waals surface area contributed by atoms with E-state index in [0.717, 1.165) is 19.3 Å². The molecule has 1 aliphatic heterocycles. The number of rotatable bonds is 6. The molecule has 0 bridgehead atoms. The van der Waals surface area contributed by atoms with Crippen LogP contribution in [0.4, 0.5) is 0 Å². The summed E-state index contributed by atoms with van der Waals surface area (Å²) in [6, 6.07) is 0.307. The van der Waals surface area contributed by atoms with Crippen molar-refractivity contribution in [3.63, 3.8) is 0 Å². The Morgan fingerprint density at radius 3 is 2.87 bits per heavy atom. The highest BCUT2D eigenvalue weighted by Crippen LogP contribution is 2.19. The number of terminal acetylenes is 1. The second-order valence-electron chi connectivity index (χ2n) is 5.90. The van der Waals surface area contributed by atoms with E-state index in [0.29, 0.717) is 37.4 Å². The number of aryl methyl sites for hydroxylation is 1. The summed E-state index contributed by atoms with van der Waals surface area (Å²) in [6.07, 6.45) is 8.03. The zero-order chi connectivity index (χ0) is 16.9. The van der Waals surface area contributed by atoms with E-state index in [9.17, 15) is 8.42 Å². The number of hydrogen-bond donors (Lipinski definition) is 0. The molecule has 2 rings (SSSR count). The Labute approximate surface area is 138 Å². The number of aromatic nitrogens is 2. The van der Waals surface area contributed by atoms with Gasteiger partial charge in [-0.1, -0.05) is 5.16 Å². The molecule has 8 heteroatoms. The molecule has 0 N–H and O–H groups in total. The van der Waals surface area contributed by atoms with E-state index >= 15 is 0 Å². The van der Waals surface area contributed by atoms with Crippen molar-refractivity contribution < 1.29 is 12.9 Å². The average molecular weight is 340 g/mol. The summed E-state index contributed by atoms with van der Waals surface area (Å²) in [7, 11) is -1.23. The van der Waals surface area contributed by atoms with Gasteiger partial charge in [-0.3, -0.25) is 4.90 Å². The Morgan fingerprint density at radius 1 is 1.43 bits per heavy atom. The van der Waals surface area contributed by atoms with Crippen molar-refractivity contribution in [2.75, 3.05) is 25.9 Å². The molecule has 0 amide bonds. The molecular formula is C15H24N4O3S. The van der Waals surface area contributed by atoms with Crippen LogP contribution in [0.2, 0.25) is 0 Å². The van der Waals surface area contributed by atoms with Gasteiger partial charge in [-0.2, -0.15) is 4.98 Å². The zero-order valence-corrected chi connectivity index (χ0v) is 14.5. The molecule has 7 nitrogen and oxygen atoms in total. The SMILES string of the molecule is C#CCCS(=O)(=O)N1CCCC(N(C)Cc2noc(C)n2)CC1. The van der Waals surface area contributed by atoms with Crippen molar-refractivity contribution in [1.82, 2.24) is 19.3 Å². The minimum atomic E-state index is -3.24. The molecule has 0 saturated carbocycles. The van der Waals surface area contributed by atoms with Crippen LogP contribution >= 0.6 is 0 Å². The van der Waals surface area contributed by atoms with Gasteiger partial charge < -0.3 is 4.52 Å². The van der Waals surface area contributed by atoms with Crippen molar-refractivity contribution in [1.29, 1.82) is 0 Å². The molecule has 1 aliphatic rings. The van der Waals surface area contributed by atoms with Crippen LogP contribution in [0.3, 0.4) is 0 Å². The highest BCUT2D eigenvalue weighted by atomic mass is 32.2. The maximum atomic E-state index is 12.3. The summed E-state index contributed by atoms with van der Waals surface area (Å²) in [6.45, 7) is 3.47. The molecule has 1 fully saturated rings. The maximum Gasteiger partial charge on any atom is 0.223 e. The molecule has 1 atom stereocenters. The summed E-state index contributed by atoms with van der Waals surface area (Å²) < 4.78 is 31.1. The first-order valence-electron chi connectivity index (χ1n) is 7.83. The molecule has 1 aromatic heterocycles. The molecular weight excluding hydrogens is 316 g/mol. The fourth-order valence-electron chi connectivity index (χ4n) is 2.85. The summed E-state index contributed by atoms with van der Waals surface area (Å²) in [5, 5.41) is 3.91. The number of hydrogen-bond acceptors (Lipinski definition) is 6. The minimum absolute atomic E-state index is 0.0339. The van der Waals surface area contributed by atoms with Crippen LogP contribution in [0.5, 0.6) is 0 Å². The van der Waals surface area contributed by atoms with Gasteiger partial charge in [0.05, 0.1) is 12.3 Å². The molecule has 0 spiro atoms. The molecule has 0 aliphatic carbocycles. The van der Waals surface area contributed by atoms with Crippen molar-refractivity contribution in [2.45, 2.75) is 45.2 Å². The highest BCUT2D eigenvalue weighted by molar-refractivity contribution is 7.89. The topological polar surface area (TPSA) is 79.5 Å². The van der Waals surface area contributed by atoms with Crippen LogP contribution in [-0.2, 0) is 16.6 Å². The predicted octanol–water partition coefficient (Wildman–Crippen LogP) is 1.02. The minimum Gasteiger partial charge on any atom is -0.340 e. The smallest absolute Gasteiger partial charge is 0.223 e. The van der Waals surface area contributed by atoms with Gasteiger partial charge in [-0.25, -0.2) is 12.7 Å². The summed E-state index contributed by atoms with van der Waals surface area (Å²) in [4.78, 5) is 6.38. The van der Waals surface area contributed by atoms with E-state index in [1.165, 1.54) is 0 Å². The van der Waals surface area contributed by atoms with Crippen LogP contribution < -0.4 is 0 Å². The molecule has 2 heterocycles. The molecule has 0 aromatic carbocycles. The van der Waals surface area contributed by atoms with Gasteiger partial charge in [0.15, 0.2) is 5.82 Å². The van der Waals surface area contributed by atoms with Gasteiger partial charge in [0, 0.05) is 32.5 Å². The second kappa shape index (κ2) is 7.90. The Kier molecular flexibility index (Phi) is 6.16. The lowest BCUT2D eigenvalue weighted by atomic mass is 10.1. The lowest BCUT2D eigenvalue weighted by molar-refractivity contribution is 0.207. The summed E-state index contributed by atoms with van der Waals surface area (Å²) in [5.74, 6) is 3.65. The van der Waals surface area contributed by atoms with Crippen molar-refractivity contribution in [3.05, 3.63) is 11.7 Å². The molecule has 23 heavy (non-hydrogen) atoms. The van der Waals surface area contributed by atoms with Crippen molar-refractivity contribution in [3.8, 4) is 12.3 Å². The maximum absolute atomic E-state index is 12.3. The molecule has 128 valence electrons. The third-order valence-corrected chi connectivity index (χ3v) is 6.01. The molecule has 0 radical (unpaired) electrons. The average Bonchev–Trinajstić information content (AvgIpc) is 2.77. The van der Waals surface area contributed by atoms with E-state index < -0.39 is 10.0 Å². The van der Waals surface area contributed by atoms with E-state index in [2.05, 4.69) is 21.0 Å². The Balaban J connectivity index is 1.91. The quantitative estimate of drug-likeness (QED) is 0.719. The van der Waals surface area contributed by atoms with Crippen LogP contribution in [0.1, 0.15) is 37.4 Å². The van der Waals surface area contributed by atoms with Crippen LogP contribution in [0.25, 0.3) is 0 Å². The first-order chi connectivity index (χ1) is 10.9. The Bertz CT molecular complexity index is 650. The Morgan fingerprint density at radius 2 is 2.22 bits per heavy atom. The van der Waals surface area contributed by atoms with Crippen LogP contribution in [0.15, 0.2) is 4.52 Å². The summed E-state index contributed by atoms with van der Waals surface area (Å²) in [5.41, 5.74) is 0. The lowest BCUT2D eigenvalue weighted by Gasteiger charge is -2.26. The van der Waals surface area contributed by atoms with Crippen LogP contribution in [-0.4, -0.2) is 59.7 Å². The van der Waals surface area contributed by atoms with Gasteiger partial charge in [0.1, 0.15) is 0 Å². The molecule has 1 aromatic rings. The van der Waals surface area contributed by atoms with Crippen molar-refractivity contribution in [2.24, 2.45) is 0 Å². The number of nitrogens with zero attached hydrogens (tertiary/aromatic N) is 4. The Hall–Kier alpha value is -1.43. The zero-order valence-electron chi connectivity index (χ0n) is 13.7. The summed E-state index contributed by atoms with van der Waals surface area (Å²) >= 11 is 0. The normalized spacial score (nSPS) is 20.3.